The van der Waals surface area contributed by atoms with Crippen LogP contribution in [0.2, 0.25) is 0 Å². The molecule has 0 aliphatic carbocycles. The van der Waals surface area contributed by atoms with Crippen LogP contribution in [-0.4, -0.2) is 58.3 Å². The van der Waals surface area contributed by atoms with Crippen LogP contribution in [0, 0.1) is 18.8 Å². The molecule has 0 spiro atoms. The van der Waals surface area contributed by atoms with Crippen molar-refractivity contribution in [3.8, 4) is 0 Å². The zero-order valence-electron chi connectivity index (χ0n) is 17.8. The normalized spacial score (nSPS) is 29.4. The molecule has 0 saturated carbocycles. The Balaban J connectivity index is 1.51. The molecule has 2 bridgehead atoms. The van der Waals surface area contributed by atoms with E-state index in [4.69, 9.17) is 4.98 Å². The number of hydrogen-bond donors (Lipinski definition) is 1. The predicted molar refractivity (Wildman–Crippen MR) is 112 cm³/mol. The second-order valence-corrected chi connectivity index (χ2v) is 9.10. The quantitative estimate of drug-likeness (QED) is 0.800. The molecule has 2 amide bonds. The highest BCUT2D eigenvalue weighted by Gasteiger charge is 2.49. The van der Waals surface area contributed by atoms with Crippen molar-refractivity contribution in [1.29, 1.82) is 0 Å². The molecule has 0 radical (unpaired) electrons. The smallest absolute Gasteiger partial charge is 0.223 e. The predicted octanol–water partition coefficient (Wildman–Crippen LogP) is 2.51. The summed E-state index contributed by atoms with van der Waals surface area (Å²) in [7, 11) is 0. The van der Waals surface area contributed by atoms with Gasteiger partial charge in [-0.15, -0.1) is 0 Å². The number of aromatic nitrogens is 1. The first-order chi connectivity index (χ1) is 14.0. The van der Waals surface area contributed by atoms with Gasteiger partial charge in [-0.2, -0.15) is 0 Å². The van der Waals surface area contributed by atoms with Crippen molar-refractivity contribution in [2.75, 3.05) is 19.6 Å². The van der Waals surface area contributed by atoms with Gasteiger partial charge >= 0.3 is 0 Å². The minimum Gasteiger partial charge on any atom is -0.354 e. The van der Waals surface area contributed by atoms with Crippen LogP contribution in [0.1, 0.15) is 56.8 Å². The lowest BCUT2D eigenvalue weighted by molar-refractivity contribution is -0.153. The first kappa shape index (κ1) is 20.3. The molecule has 3 aliphatic rings. The lowest BCUT2D eigenvalue weighted by atomic mass is 9.72. The van der Waals surface area contributed by atoms with E-state index in [0.717, 1.165) is 50.3 Å². The molecular formula is C23H34N4O2. The van der Waals surface area contributed by atoms with Crippen LogP contribution >= 0.6 is 0 Å². The van der Waals surface area contributed by atoms with Gasteiger partial charge in [0.25, 0.3) is 0 Å². The Labute approximate surface area is 174 Å². The van der Waals surface area contributed by atoms with Gasteiger partial charge in [0.05, 0.1) is 11.7 Å². The van der Waals surface area contributed by atoms with Crippen molar-refractivity contribution in [2.45, 2.75) is 71.0 Å². The first-order valence-corrected chi connectivity index (χ1v) is 11.3. The van der Waals surface area contributed by atoms with Crippen LogP contribution < -0.4 is 5.32 Å². The van der Waals surface area contributed by atoms with Gasteiger partial charge in [0, 0.05) is 50.8 Å². The fraction of sp³-hybridized carbons (Fsp3) is 0.696. The van der Waals surface area contributed by atoms with E-state index in [-0.39, 0.29) is 11.9 Å². The molecule has 0 unspecified atom stereocenters. The van der Waals surface area contributed by atoms with Crippen molar-refractivity contribution in [2.24, 2.45) is 11.8 Å². The molecule has 4 rings (SSSR count). The van der Waals surface area contributed by atoms with E-state index in [2.05, 4.69) is 27.2 Å². The molecule has 6 nitrogen and oxygen atoms in total. The summed E-state index contributed by atoms with van der Waals surface area (Å²) in [5.41, 5.74) is 2.18. The van der Waals surface area contributed by atoms with Crippen molar-refractivity contribution in [3.05, 3.63) is 29.6 Å². The van der Waals surface area contributed by atoms with Crippen LogP contribution in [0.25, 0.3) is 0 Å². The van der Waals surface area contributed by atoms with Crippen LogP contribution in [0.15, 0.2) is 18.2 Å². The number of nitrogens with zero attached hydrogens (tertiary/aromatic N) is 3. The van der Waals surface area contributed by atoms with E-state index in [1.54, 1.807) is 0 Å². The van der Waals surface area contributed by atoms with Gasteiger partial charge in [0.1, 0.15) is 0 Å². The molecule has 1 aromatic rings. The average molecular weight is 399 g/mol. The van der Waals surface area contributed by atoms with E-state index >= 15 is 0 Å². The van der Waals surface area contributed by atoms with Gasteiger partial charge in [-0.25, -0.2) is 0 Å². The highest BCUT2D eigenvalue weighted by atomic mass is 16.2. The third kappa shape index (κ3) is 4.47. The van der Waals surface area contributed by atoms with Gasteiger partial charge in [-0.3, -0.25) is 19.5 Å². The molecule has 1 N–H and O–H groups in total. The number of nitrogens with one attached hydrogen (secondary N) is 1. The summed E-state index contributed by atoms with van der Waals surface area (Å²) >= 11 is 0. The molecule has 1 aromatic heterocycles. The standard InChI is InChI=1S/C23H34N4O2/c1-3-6-22(28)24-12-21-18-11-17(20-9-5-10-23(29)27(20)21)13-26(14-18)15-19-8-4-7-16(2)25-19/h4,7-8,17-18,20-21H,3,5-6,9-15H2,1-2H3,(H,24,28)/t17-,18+,20+,21+/m1/s1. The molecule has 3 aliphatic heterocycles. The molecule has 0 aromatic carbocycles. The summed E-state index contributed by atoms with van der Waals surface area (Å²) in [6.45, 7) is 7.52. The number of likely N-dealkylation sites (tertiary alicyclic amines) is 1. The monoisotopic (exact) mass is 398 g/mol. The number of fused-ring (bicyclic) bond motifs is 4. The van der Waals surface area contributed by atoms with Gasteiger partial charge in [-0.1, -0.05) is 13.0 Å². The van der Waals surface area contributed by atoms with Gasteiger partial charge < -0.3 is 10.2 Å². The van der Waals surface area contributed by atoms with Gasteiger partial charge in [-0.05, 0) is 56.6 Å². The van der Waals surface area contributed by atoms with E-state index in [1.807, 2.05) is 19.9 Å². The summed E-state index contributed by atoms with van der Waals surface area (Å²) in [6, 6.07) is 6.67. The highest BCUT2D eigenvalue weighted by molar-refractivity contribution is 5.78. The molecule has 158 valence electrons. The van der Waals surface area contributed by atoms with Crippen LogP contribution in [0.4, 0.5) is 0 Å². The highest BCUT2D eigenvalue weighted by Crippen LogP contribution is 2.41. The molecule has 6 heteroatoms. The Bertz CT molecular complexity index is 752. The number of piperidine rings is 3. The van der Waals surface area contributed by atoms with E-state index in [9.17, 15) is 9.59 Å². The van der Waals surface area contributed by atoms with Crippen LogP contribution in [0.5, 0.6) is 0 Å². The molecule has 4 heterocycles. The number of aryl methyl sites for hydroxylation is 1. The molecular weight excluding hydrogens is 364 g/mol. The zero-order valence-corrected chi connectivity index (χ0v) is 17.8. The summed E-state index contributed by atoms with van der Waals surface area (Å²) < 4.78 is 0. The average Bonchev–Trinajstić information content (AvgIpc) is 2.68. The van der Waals surface area contributed by atoms with E-state index in [0.29, 0.717) is 43.2 Å². The topological polar surface area (TPSA) is 65.5 Å². The van der Waals surface area contributed by atoms with Crippen LogP contribution in [-0.2, 0) is 16.1 Å². The second kappa shape index (κ2) is 8.82. The number of pyridine rings is 1. The van der Waals surface area contributed by atoms with Gasteiger partial charge in [0.15, 0.2) is 0 Å². The third-order valence-electron chi connectivity index (χ3n) is 6.89. The van der Waals surface area contributed by atoms with Gasteiger partial charge in [0.2, 0.25) is 11.8 Å². The fourth-order valence-corrected chi connectivity index (χ4v) is 5.71. The zero-order chi connectivity index (χ0) is 20.4. The number of amides is 2. The SMILES string of the molecule is CCCC(=O)NC[C@H]1[C@H]2C[C@H](CN(Cc3cccc(C)n3)C2)[C@@H]2CCCC(=O)N21. The minimum atomic E-state index is 0.104. The molecule has 4 atom stereocenters. The summed E-state index contributed by atoms with van der Waals surface area (Å²) in [4.78, 5) is 34.3. The third-order valence-corrected chi connectivity index (χ3v) is 6.89. The minimum absolute atomic E-state index is 0.104. The molecule has 3 fully saturated rings. The summed E-state index contributed by atoms with van der Waals surface area (Å²) in [5, 5.41) is 3.12. The lowest BCUT2D eigenvalue weighted by Crippen LogP contribution is -2.67. The van der Waals surface area contributed by atoms with Crippen molar-refractivity contribution in [1.82, 2.24) is 20.1 Å². The maximum atomic E-state index is 12.8. The Morgan fingerprint density at radius 1 is 1.28 bits per heavy atom. The molecule has 3 saturated heterocycles. The van der Waals surface area contributed by atoms with Crippen LogP contribution in [0.3, 0.4) is 0 Å². The van der Waals surface area contributed by atoms with Crippen molar-refractivity contribution < 1.29 is 9.59 Å². The van der Waals surface area contributed by atoms with Crippen molar-refractivity contribution in [3.63, 3.8) is 0 Å². The Morgan fingerprint density at radius 2 is 2.10 bits per heavy atom. The number of rotatable bonds is 6. The van der Waals surface area contributed by atoms with Crippen molar-refractivity contribution >= 4 is 11.8 Å². The Hall–Kier alpha value is -1.95. The number of carbonyl (C=O) groups excluding carboxylic acids is 2. The van der Waals surface area contributed by atoms with E-state index < -0.39 is 0 Å². The van der Waals surface area contributed by atoms with E-state index in [1.165, 1.54) is 6.42 Å². The Kier molecular flexibility index (Phi) is 6.18. The lowest BCUT2D eigenvalue weighted by Gasteiger charge is -2.56. The number of hydrogen-bond acceptors (Lipinski definition) is 4. The molecule has 29 heavy (non-hydrogen) atoms. The number of carbonyl (C=O) groups is 2. The first-order valence-electron chi connectivity index (χ1n) is 11.3. The summed E-state index contributed by atoms with van der Waals surface area (Å²) in [6.07, 6.45) is 5.33. The largest absolute Gasteiger partial charge is 0.354 e. The maximum Gasteiger partial charge on any atom is 0.223 e. The summed E-state index contributed by atoms with van der Waals surface area (Å²) in [5.74, 6) is 1.34. The Morgan fingerprint density at radius 3 is 2.90 bits per heavy atom. The second-order valence-electron chi connectivity index (χ2n) is 9.10. The fourth-order valence-electron chi connectivity index (χ4n) is 5.71. The maximum absolute atomic E-state index is 12.8.